The third-order valence-electron chi connectivity index (χ3n) is 3.57. The van der Waals surface area contributed by atoms with Crippen LogP contribution in [0.5, 0.6) is 5.75 Å². The molecule has 1 heterocycles. The second-order valence-corrected chi connectivity index (χ2v) is 5.64. The highest BCUT2D eigenvalue weighted by atomic mass is 35.5. The smallest absolute Gasteiger partial charge is 0.265 e. The Balaban J connectivity index is 1.72. The molecule has 0 saturated carbocycles. The summed E-state index contributed by atoms with van der Waals surface area (Å²) >= 11 is 6.06. The lowest BCUT2D eigenvalue weighted by Crippen LogP contribution is -2.34. The van der Waals surface area contributed by atoms with Crippen molar-refractivity contribution in [3.05, 3.63) is 58.6 Å². The Morgan fingerprint density at radius 1 is 1.30 bits per heavy atom. The molecule has 2 aromatic rings. The van der Waals surface area contributed by atoms with E-state index in [0.717, 1.165) is 5.56 Å². The van der Waals surface area contributed by atoms with Crippen LogP contribution < -0.4 is 15.4 Å². The Hall–Kier alpha value is -2.53. The fourth-order valence-electron chi connectivity index (χ4n) is 2.27. The van der Waals surface area contributed by atoms with Crippen LogP contribution in [-0.2, 0) is 11.3 Å². The van der Waals surface area contributed by atoms with Crippen LogP contribution in [-0.4, -0.2) is 17.9 Å². The van der Waals surface area contributed by atoms with Crippen molar-refractivity contribution in [2.75, 3.05) is 5.32 Å². The standard InChI is InChI=1S/C17H15ClN2O3/c1-10-16(21)20-14-8-11(6-7-15(14)23-10)17(22)19-9-12-4-2-3-5-13(12)18/h2-8,10H,9H2,1H3,(H,19,22)(H,20,21). The fraction of sp³-hybridized carbons (Fsp3) is 0.176. The molecular formula is C17H15ClN2O3. The summed E-state index contributed by atoms with van der Waals surface area (Å²) in [6, 6.07) is 12.3. The molecule has 23 heavy (non-hydrogen) atoms. The van der Waals surface area contributed by atoms with E-state index in [4.69, 9.17) is 16.3 Å². The Morgan fingerprint density at radius 3 is 2.87 bits per heavy atom. The van der Waals surface area contributed by atoms with Crippen molar-refractivity contribution in [3.63, 3.8) is 0 Å². The lowest BCUT2D eigenvalue weighted by Gasteiger charge is -2.23. The minimum atomic E-state index is -0.539. The van der Waals surface area contributed by atoms with Crippen LogP contribution in [0.2, 0.25) is 5.02 Å². The molecule has 1 atom stereocenters. The molecule has 0 aliphatic carbocycles. The maximum atomic E-state index is 12.3. The molecule has 2 N–H and O–H groups in total. The van der Waals surface area contributed by atoms with Crippen molar-refractivity contribution in [1.29, 1.82) is 0 Å². The van der Waals surface area contributed by atoms with Gasteiger partial charge >= 0.3 is 0 Å². The maximum absolute atomic E-state index is 12.3. The summed E-state index contributed by atoms with van der Waals surface area (Å²) in [4.78, 5) is 23.9. The predicted octanol–water partition coefficient (Wildman–Crippen LogP) is 2.99. The van der Waals surface area contributed by atoms with Gasteiger partial charge in [0.25, 0.3) is 11.8 Å². The number of hydrogen-bond donors (Lipinski definition) is 2. The summed E-state index contributed by atoms with van der Waals surface area (Å²) in [5, 5.41) is 6.13. The predicted molar refractivity (Wildman–Crippen MR) is 87.8 cm³/mol. The lowest BCUT2D eigenvalue weighted by atomic mass is 10.1. The van der Waals surface area contributed by atoms with Gasteiger partial charge in [0.1, 0.15) is 5.75 Å². The van der Waals surface area contributed by atoms with Gasteiger partial charge < -0.3 is 15.4 Å². The van der Waals surface area contributed by atoms with Gasteiger partial charge in [-0.25, -0.2) is 0 Å². The third-order valence-corrected chi connectivity index (χ3v) is 3.94. The van der Waals surface area contributed by atoms with Gasteiger partial charge in [0.15, 0.2) is 6.10 Å². The number of carbonyl (C=O) groups excluding carboxylic acids is 2. The monoisotopic (exact) mass is 330 g/mol. The maximum Gasteiger partial charge on any atom is 0.265 e. The van der Waals surface area contributed by atoms with Gasteiger partial charge in [0, 0.05) is 17.1 Å². The number of anilines is 1. The molecule has 3 rings (SSSR count). The summed E-state index contributed by atoms with van der Waals surface area (Å²) in [6.07, 6.45) is -0.539. The minimum absolute atomic E-state index is 0.230. The van der Waals surface area contributed by atoms with E-state index in [1.54, 1.807) is 31.2 Å². The molecule has 0 radical (unpaired) electrons. The van der Waals surface area contributed by atoms with Crippen LogP contribution in [0.4, 0.5) is 5.69 Å². The first-order valence-corrected chi connectivity index (χ1v) is 7.55. The largest absolute Gasteiger partial charge is 0.479 e. The molecule has 0 spiro atoms. The van der Waals surface area contributed by atoms with E-state index in [1.807, 2.05) is 18.2 Å². The summed E-state index contributed by atoms with van der Waals surface area (Å²) in [5.41, 5.74) is 1.78. The van der Waals surface area contributed by atoms with E-state index >= 15 is 0 Å². The number of rotatable bonds is 3. The summed E-state index contributed by atoms with van der Waals surface area (Å²) in [5.74, 6) is 0.0754. The van der Waals surface area contributed by atoms with Crippen LogP contribution in [0.3, 0.4) is 0 Å². The zero-order valence-electron chi connectivity index (χ0n) is 12.4. The molecule has 5 nitrogen and oxygen atoms in total. The highest BCUT2D eigenvalue weighted by Crippen LogP contribution is 2.30. The fourth-order valence-corrected chi connectivity index (χ4v) is 2.47. The molecule has 118 valence electrons. The average Bonchev–Trinajstić information content (AvgIpc) is 2.54. The number of nitrogens with one attached hydrogen (secondary N) is 2. The van der Waals surface area contributed by atoms with Crippen molar-refractivity contribution < 1.29 is 14.3 Å². The number of amides is 2. The van der Waals surface area contributed by atoms with Gasteiger partial charge in [0.05, 0.1) is 5.69 Å². The average molecular weight is 331 g/mol. The molecular weight excluding hydrogens is 316 g/mol. The Morgan fingerprint density at radius 2 is 2.09 bits per heavy atom. The number of fused-ring (bicyclic) bond motifs is 1. The summed E-state index contributed by atoms with van der Waals surface area (Å²) < 4.78 is 5.46. The second kappa shape index (κ2) is 6.30. The van der Waals surface area contributed by atoms with E-state index < -0.39 is 6.10 Å². The second-order valence-electron chi connectivity index (χ2n) is 5.23. The summed E-state index contributed by atoms with van der Waals surface area (Å²) in [6.45, 7) is 2.00. The number of hydrogen-bond acceptors (Lipinski definition) is 3. The van der Waals surface area contributed by atoms with Crippen LogP contribution in [0, 0.1) is 0 Å². The lowest BCUT2D eigenvalue weighted by molar-refractivity contribution is -0.122. The van der Waals surface area contributed by atoms with Gasteiger partial charge in [-0.1, -0.05) is 29.8 Å². The Kier molecular flexibility index (Phi) is 4.21. The summed E-state index contributed by atoms with van der Waals surface area (Å²) in [7, 11) is 0. The SMILES string of the molecule is CC1Oc2ccc(C(=O)NCc3ccccc3Cl)cc2NC1=O. The quantitative estimate of drug-likeness (QED) is 0.909. The van der Waals surface area contributed by atoms with Crippen molar-refractivity contribution in [1.82, 2.24) is 5.32 Å². The zero-order chi connectivity index (χ0) is 16.4. The molecule has 1 unspecified atom stereocenters. The van der Waals surface area contributed by atoms with E-state index in [1.165, 1.54) is 0 Å². The van der Waals surface area contributed by atoms with Gasteiger partial charge in [0.2, 0.25) is 0 Å². The Bertz CT molecular complexity index is 776. The topological polar surface area (TPSA) is 67.4 Å². The normalized spacial score (nSPS) is 16.1. The van der Waals surface area contributed by atoms with E-state index in [-0.39, 0.29) is 11.8 Å². The third kappa shape index (κ3) is 3.29. The minimum Gasteiger partial charge on any atom is -0.479 e. The van der Waals surface area contributed by atoms with Crippen LogP contribution in [0.1, 0.15) is 22.8 Å². The van der Waals surface area contributed by atoms with E-state index in [0.29, 0.717) is 28.6 Å². The van der Waals surface area contributed by atoms with Crippen LogP contribution >= 0.6 is 11.6 Å². The first-order valence-electron chi connectivity index (χ1n) is 7.18. The zero-order valence-corrected chi connectivity index (χ0v) is 13.2. The molecule has 2 amide bonds. The molecule has 6 heteroatoms. The molecule has 0 fully saturated rings. The molecule has 1 aliphatic rings. The van der Waals surface area contributed by atoms with Crippen LogP contribution in [0.25, 0.3) is 0 Å². The number of carbonyl (C=O) groups is 2. The Labute approximate surface area is 138 Å². The van der Waals surface area contributed by atoms with Crippen molar-refractivity contribution >= 4 is 29.1 Å². The first-order chi connectivity index (χ1) is 11.0. The molecule has 0 saturated heterocycles. The molecule has 0 aromatic heterocycles. The number of benzene rings is 2. The van der Waals surface area contributed by atoms with Gasteiger partial charge in [-0.3, -0.25) is 9.59 Å². The molecule has 1 aliphatic heterocycles. The number of ether oxygens (including phenoxy) is 1. The van der Waals surface area contributed by atoms with Crippen molar-refractivity contribution in [2.45, 2.75) is 19.6 Å². The van der Waals surface area contributed by atoms with E-state index in [2.05, 4.69) is 10.6 Å². The first kappa shape index (κ1) is 15.4. The van der Waals surface area contributed by atoms with E-state index in [9.17, 15) is 9.59 Å². The number of halogens is 1. The van der Waals surface area contributed by atoms with Gasteiger partial charge in [-0.2, -0.15) is 0 Å². The van der Waals surface area contributed by atoms with Crippen molar-refractivity contribution in [2.24, 2.45) is 0 Å². The molecule has 0 bridgehead atoms. The molecule has 2 aromatic carbocycles. The van der Waals surface area contributed by atoms with Gasteiger partial charge in [-0.15, -0.1) is 0 Å². The highest BCUT2D eigenvalue weighted by Gasteiger charge is 2.24. The van der Waals surface area contributed by atoms with Crippen LogP contribution in [0.15, 0.2) is 42.5 Å². The highest BCUT2D eigenvalue weighted by molar-refractivity contribution is 6.31. The van der Waals surface area contributed by atoms with Gasteiger partial charge in [-0.05, 0) is 36.8 Å². The van der Waals surface area contributed by atoms with Crippen molar-refractivity contribution in [3.8, 4) is 5.75 Å².